The molecule has 6 aliphatic rings. The lowest BCUT2D eigenvalue weighted by molar-refractivity contribution is -0.303. The molecule has 0 spiro atoms. The van der Waals surface area contributed by atoms with Gasteiger partial charge in [0.15, 0.2) is 12.1 Å². The molecule has 18 atom stereocenters. The van der Waals surface area contributed by atoms with Crippen LogP contribution in [0, 0.1) is 52.3 Å². The number of hydrogen-bond donors (Lipinski definition) is 7. The highest BCUT2D eigenvalue weighted by Gasteiger charge is 2.68. The first-order chi connectivity index (χ1) is 20.2. The first-order valence-corrected chi connectivity index (χ1v) is 16.9. The maximum Gasteiger partial charge on any atom is 0.186 e. The SMILES string of the molecule is C[C@H](CC[C@@]1(O)O[C@H]2C[C@H]3[C@@H]4CC[C@@H]5C[C@H](O)[C@@H](O)C[C@]5(C)[C@H]4CC[C@]3(C)[C@H]2[C@@H]1C)CO[C@@H]1O[C@H](CO)[C@@H](O)[C@H](O)[C@H]1O. The van der Waals surface area contributed by atoms with E-state index in [1.807, 2.05) is 6.92 Å². The Kier molecular flexibility index (Phi) is 8.84. The van der Waals surface area contributed by atoms with Crippen LogP contribution in [0.4, 0.5) is 0 Å². The molecular weight excluding hydrogens is 556 g/mol. The van der Waals surface area contributed by atoms with Crippen LogP contribution in [0.2, 0.25) is 0 Å². The highest BCUT2D eigenvalue weighted by atomic mass is 16.7. The molecule has 2 aliphatic heterocycles. The van der Waals surface area contributed by atoms with Gasteiger partial charge in [0, 0.05) is 12.3 Å². The third-order valence-electron chi connectivity index (χ3n) is 13.8. The van der Waals surface area contributed by atoms with Gasteiger partial charge in [-0.15, -0.1) is 0 Å². The molecule has 6 fully saturated rings. The van der Waals surface area contributed by atoms with Crippen molar-refractivity contribution in [2.75, 3.05) is 13.2 Å². The fraction of sp³-hybridized carbons (Fsp3) is 1.00. The van der Waals surface area contributed by atoms with Gasteiger partial charge in [0.2, 0.25) is 0 Å². The first kappa shape index (κ1) is 32.5. The number of fused-ring (bicyclic) bond motifs is 7. The fourth-order valence-electron chi connectivity index (χ4n) is 11.3. The van der Waals surface area contributed by atoms with Crippen LogP contribution in [0.25, 0.3) is 0 Å². The summed E-state index contributed by atoms with van der Waals surface area (Å²) in [4.78, 5) is 0. The maximum absolute atomic E-state index is 11.8. The van der Waals surface area contributed by atoms with E-state index in [1.54, 1.807) is 0 Å². The molecule has 248 valence electrons. The van der Waals surface area contributed by atoms with Crippen LogP contribution in [0.5, 0.6) is 0 Å². The van der Waals surface area contributed by atoms with Crippen LogP contribution < -0.4 is 0 Å². The normalized spacial score (nSPS) is 57.0. The molecule has 2 saturated heterocycles. The average molecular weight is 613 g/mol. The molecular formula is C33H56O10. The molecule has 0 aromatic carbocycles. The summed E-state index contributed by atoms with van der Waals surface area (Å²) in [5.41, 5.74) is 0.172. The van der Waals surface area contributed by atoms with E-state index in [1.165, 1.54) is 6.42 Å². The summed E-state index contributed by atoms with van der Waals surface area (Å²) in [6.45, 7) is 8.67. The minimum Gasteiger partial charge on any atom is -0.394 e. The molecule has 10 heteroatoms. The van der Waals surface area contributed by atoms with Crippen molar-refractivity contribution in [3.05, 3.63) is 0 Å². The molecule has 2 heterocycles. The van der Waals surface area contributed by atoms with Gasteiger partial charge in [0.05, 0.1) is 31.5 Å². The van der Waals surface area contributed by atoms with Crippen LogP contribution in [-0.2, 0) is 14.2 Å². The average Bonchev–Trinajstić information content (AvgIpc) is 3.40. The van der Waals surface area contributed by atoms with Crippen LogP contribution in [0.15, 0.2) is 0 Å². The molecule has 43 heavy (non-hydrogen) atoms. The summed E-state index contributed by atoms with van der Waals surface area (Å²) in [5.74, 6) is 1.23. The maximum atomic E-state index is 11.8. The molecule has 0 amide bonds. The Bertz CT molecular complexity index is 997. The van der Waals surface area contributed by atoms with E-state index >= 15 is 0 Å². The summed E-state index contributed by atoms with van der Waals surface area (Å²) in [6, 6.07) is 0. The van der Waals surface area contributed by atoms with Crippen molar-refractivity contribution in [3.8, 4) is 0 Å². The third kappa shape index (κ3) is 5.24. The van der Waals surface area contributed by atoms with E-state index in [2.05, 4.69) is 20.8 Å². The molecule has 0 radical (unpaired) electrons. The summed E-state index contributed by atoms with van der Waals surface area (Å²) >= 11 is 0. The lowest BCUT2D eigenvalue weighted by Crippen LogP contribution is -2.59. The number of hydrogen-bond acceptors (Lipinski definition) is 10. The Morgan fingerprint density at radius 1 is 0.907 bits per heavy atom. The van der Waals surface area contributed by atoms with Gasteiger partial charge in [-0.2, -0.15) is 0 Å². The summed E-state index contributed by atoms with van der Waals surface area (Å²) in [5, 5.41) is 72.5. The van der Waals surface area contributed by atoms with E-state index in [-0.39, 0.29) is 41.3 Å². The summed E-state index contributed by atoms with van der Waals surface area (Å²) in [7, 11) is 0. The van der Waals surface area contributed by atoms with Gasteiger partial charge in [0.1, 0.15) is 24.4 Å². The zero-order valence-corrected chi connectivity index (χ0v) is 26.3. The second kappa shape index (κ2) is 11.7. The predicted octanol–water partition coefficient (Wildman–Crippen LogP) is 1.54. The monoisotopic (exact) mass is 612 g/mol. The van der Waals surface area contributed by atoms with E-state index in [0.29, 0.717) is 49.4 Å². The quantitative estimate of drug-likeness (QED) is 0.224. The van der Waals surface area contributed by atoms with E-state index < -0.39 is 55.3 Å². The minimum absolute atomic E-state index is 0.00620. The van der Waals surface area contributed by atoms with E-state index in [9.17, 15) is 35.7 Å². The van der Waals surface area contributed by atoms with E-state index in [0.717, 1.165) is 25.7 Å². The van der Waals surface area contributed by atoms with Gasteiger partial charge < -0.3 is 50.0 Å². The van der Waals surface area contributed by atoms with Crippen molar-refractivity contribution in [1.29, 1.82) is 0 Å². The smallest absolute Gasteiger partial charge is 0.186 e. The number of aliphatic hydroxyl groups excluding tert-OH is 6. The van der Waals surface area contributed by atoms with E-state index in [4.69, 9.17) is 14.2 Å². The van der Waals surface area contributed by atoms with Crippen LogP contribution in [-0.4, -0.2) is 104 Å². The Morgan fingerprint density at radius 2 is 1.65 bits per heavy atom. The highest BCUT2D eigenvalue weighted by Crippen LogP contribution is 2.70. The van der Waals surface area contributed by atoms with Crippen molar-refractivity contribution in [2.45, 2.75) is 140 Å². The Labute approximate surface area is 255 Å². The summed E-state index contributed by atoms with van der Waals surface area (Å²) < 4.78 is 17.8. The van der Waals surface area contributed by atoms with Crippen LogP contribution in [0.1, 0.15) is 85.5 Å². The van der Waals surface area contributed by atoms with Gasteiger partial charge >= 0.3 is 0 Å². The van der Waals surface area contributed by atoms with Gasteiger partial charge in [-0.3, -0.25) is 0 Å². The molecule has 0 aromatic heterocycles. The number of ether oxygens (including phenoxy) is 3. The van der Waals surface area contributed by atoms with Crippen LogP contribution in [0.3, 0.4) is 0 Å². The zero-order valence-electron chi connectivity index (χ0n) is 26.3. The molecule has 6 rings (SSSR count). The van der Waals surface area contributed by atoms with Gasteiger partial charge in [-0.25, -0.2) is 0 Å². The molecule has 4 aliphatic carbocycles. The molecule has 0 unspecified atom stereocenters. The molecule has 4 saturated carbocycles. The van der Waals surface area contributed by atoms with Crippen molar-refractivity contribution in [2.24, 2.45) is 52.3 Å². The largest absolute Gasteiger partial charge is 0.394 e. The molecule has 0 bridgehead atoms. The molecule has 10 nitrogen and oxygen atoms in total. The Hall–Kier alpha value is -0.400. The van der Waals surface area contributed by atoms with Crippen molar-refractivity contribution < 1.29 is 50.0 Å². The molecule has 7 N–H and O–H groups in total. The Balaban J connectivity index is 1.06. The first-order valence-electron chi connectivity index (χ1n) is 16.9. The van der Waals surface area contributed by atoms with Crippen molar-refractivity contribution in [1.82, 2.24) is 0 Å². The van der Waals surface area contributed by atoms with Crippen molar-refractivity contribution in [3.63, 3.8) is 0 Å². The lowest BCUT2D eigenvalue weighted by Gasteiger charge is -2.61. The van der Waals surface area contributed by atoms with Crippen LogP contribution >= 0.6 is 0 Å². The highest BCUT2D eigenvalue weighted by molar-refractivity contribution is 5.15. The van der Waals surface area contributed by atoms with Gasteiger partial charge in [-0.1, -0.05) is 27.7 Å². The predicted molar refractivity (Wildman–Crippen MR) is 155 cm³/mol. The third-order valence-corrected chi connectivity index (χ3v) is 13.8. The summed E-state index contributed by atoms with van der Waals surface area (Å²) in [6.07, 6.45) is 0.335. The minimum atomic E-state index is -1.47. The number of aliphatic hydroxyl groups is 7. The molecule has 0 aromatic rings. The van der Waals surface area contributed by atoms with Gasteiger partial charge in [0.25, 0.3) is 0 Å². The second-order valence-electron chi connectivity index (χ2n) is 16.0. The zero-order chi connectivity index (χ0) is 31.1. The standard InChI is InChI=1S/C33H56O10/c1-16(15-41-30-29(39)28(38)27(37)25(14-34)42-30)7-10-33(40)17(2)26-24(43-33)12-21-19-6-5-18-11-22(35)23(36)13-32(18,4)20(19)8-9-31(21,26)3/h16-30,34-40H,5-15H2,1-4H3/t16-,17+,18-,19-,20+,21+,22+,23+,24+,25-,26+,27-,28+,29-,30-,31+,32+,33-/m1/s1. The van der Waals surface area contributed by atoms with Crippen molar-refractivity contribution >= 4 is 0 Å². The lowest BCUT2D eigenvalue weighted by atomic mass is 9.44. The van der Waals surface area contributed by atoms with Gasteiger partial charge in [-0.05, 0) is 97.7 Å². The Morgan fingerprint density at radius 3 is 2.37 bits per heavy atom. The fourth-order valence-corrected chi connectivity index (χ4v) is 11.3. The topological polar surface area (TPSA) is 169 Å². The number of rotatable bonds is 7. The second-order valence-corrected chi connectivity index (χ2v) is 16.0.